The van der Waals surface area contributed by atoms with Gasteiger partial charge in [0.25, 0.3) is 5.91 Å². The van der Waals surface area contributed by atoms with E-state index in [1.165, 1.54) is 0 Å². The van der Waals surface area contributed by atoms with Gasteiger partial charge in [-0.05, 0) is 30.3 Å². The van der Waals surface area contributed by atoms with Crippen molar-refractivity contribution in [2.75, 3.05) is 13.3 Å². The highest BCUT2D eigenvalue weighted by Crippen LogP contribution is 2.32. The molecule has 3 heterocycles. The minimum atomic E-state index is -0.137. The van der Waals surface area contributed by atoms with E-state index in [4.69, 9.17) is 9.47 Å². The second kappa shape index (κ2) is 6.90. The molecule has 3 aromatic rings. The van der Waals surface area contributed by atoms with Gasteiger partial charge in [-0.15, -0.1) is 11.3 Å². The summed E-state index contributed by atoms with van der Waals surface area (Å²) in [6.45, 7) is 0.719. The van der Waals surface area contributed by atoms with Gasteiger partial charge in [0.05, 0.1) is 10.7 Å². The van der Waals surface area contributed by atoms with E-state index in [1.54, 1.807) is 41.9 Å². The highest BCUT2D eigenvalue weighted by Gasteiger charge is 2.16. The van der Waals surface area contributed by atoms with Crippen LogP contribution in [0.4, 0.5) is 0 Å². The lowest BCUT2D eigenvalue weighted by Crippen LogP contribution is -2.25. The number of hydrogen-bond acceptors (Lipinski definition) is 6. The Morgan fingerprint density at radius 2 is 2.16 bits per heavy atom. The molecule has 126 valence electrons. The number of rotatable bonds is 5. The molecule has 1 N–H and O–H groups in total. The first-order chi connectivity index (χ1) is 12.3. The largest absolute Gasteiger partial charge is 0.454 e. The minimum Gasteiger partial charge on any atom is -0.454 e. The monoisotopic (exact) mass is 353 g/mol. The molecule has 0 spiro atoms. The molecule has 6 nitrogen and oxygen atoms in total. The number of benzene rings is 1. The SMILES string of the molecule is O=C(NCCc1nc(-c2cccnc2)cs1)c1ccc2c(c1)OCO2. The first kappa shape index (κ1) is 15.6. The van der Waals surface area contributed by atoms with Gasteiger partial charge in [-0.1, -0.05) is 0 Å². The van der Waals surface area contributed by atoms with E-state index in [1.807, 2.05) is 17.5 Å². The van der Waals surface area contributed by atoms with Crippen molar-refractivity contribution in [3.8, 4) is 22.8 Å². The molecular weight excluding hydrogens is 338 g/mol. The molecular formula is C18H15N3O3S. The van der Waals surface area contributed by atoms with E-state index in [-0.39, 0.29) is 12.7 Å². The second-order valence-electron chi connectivity index (χ2n) is 5.44. The topological polar surface area (TPSA) is 73.3 Å². The Labute approximate surface area is 148 Å². The van der Waals surface area contributed by atoms with E-state index in [0.717, 1.165) is 16.3 Å². The van der Waals surface area contributed by atoms with Crippen LogP contribution < -0.4 is 14.8 Å². The van der Waals surface area contributed by atoms with Gasteiger partial charge in [0, 0.05) is 41.9 Å². The molecule has 1 aromatic carbocycles. The van der Waals surface area contributed by atoms with Crippen molar-refractivity contribution in [3.63, 3.8) is 0 Å². The Morgan fingerprint density at radius 1 is 1.24 bits per heavy atom. The van der Waals surface area contributed by atoms with Crippen LogP contribution in [0, 0.1) is 0 Å². The standard InChI is InChI=1S/C18H15N3O3S/c22-18(12-3-4-15-16(8-12)24-11-23-15)20-7-5-17-21-14(10-25-17)13-2-1-6-19-9-13/h1-4,6,8-10H,5,7,11H2,(H,20,22). The molecule has 0 radical (unpaired) electrons. The van der Waals surface area contributed by atoms with Crippen molar-refractivity contribution < 1.29 is 14.3 Å². The van der Waals surface area contributed by atoms with E-state index >= 15 is 0 Å². The van der Waals surface area contributed by atoms with Crippen LogP contribution in [0.3, 0.4) is 0 Å². The van der Waals surface area contributed by atoms with Crippen molar-refractivity contribution >= 4 is 17.2 Å². The van der Waals surface area contributed by atoms with Gasteiger partial charge in [-0.25, -0.2) is 4.98 Å². The Morgan fingerprint density at radius 3 is 3.04 bits per heavy atom. The van der Waals surface area contributed by atoms with Crippen LogP contribution >= 0.6 is 11.3 Å². The van der Waals surface area contributed by atoms with Gasteiger partial charge < -0.3 is 14.8 Å². The van der Waals surface area contributed by atoms with Crippen molar-refractivity contribution in [2.45, 2.75) is 6.42 Å². The molecule has 7 heteroatoms. The molecule has 1 aliphatic rings. The summed E-state index contributed by atoms with van der Waals surface area (Å²) in [4.78, 5) is 20.9. The fourth-order valence-electron chi connectivity index (χ4n) is 2.50. The van der Waals surface area contributed by atoms with Gasteiger partial charge in [0.2, 0.25) is 6.79 Å². The smallest absolute Gasteiger partial charge is 0.251 e. The molecule has 0 fully saturated rings. The Bertz CT molecular complexity index is 896. The maximum absolute atomic E-state index is 12.2. The van der Waals surface area contributed by atoms with Crippen LogP contribution in [-0.2, 0) is 6.42 Å². The first-order valence-electron chi connectivity index (χ1n) is 7.82. The molecule has 1 aliphatic heterocycles. The van der Waals surface area contributed by atoms with Gasteiger partial charge in [-0.2, -0.15) is 0 Å². The van der Waals surface area contributed by atoms with Gasteiger partial charge in [0.15, 0.2) is 11.5 Å². The van der Waals surface area contributed by atoms with E-state index < -0.39 is 0 Å². The third kappa shape index (κ3) is 3.46. The summed E-state index contributed by atoms with van der Waals surface area (Å²) in [5.74, 6) is 1.14. The highest BCUT2D eigenvalue weighted by molar-refractivity contribution is 7.09. The Balaban J connectivity index is 1.33. The van der Waals surface area contributed by atoms with Crippen molar-refractivity contribution in [1.29, 1.82) is 0 Å². The number of nitrogens with zero attached hydrogens (tertiary/aromatic N) is 2. The third-order valence-corrected chi connectivity index (χ3v) is 4.68. The summed E-state index contributed by atoms with van der Waals surface area (Å²) in [7, 11) is 0. The Hall–Kier alpha value is -2.93. The average molecular weight is 353 g/mol. The maximum Gasteiger partial charge on any atom is 0.251 e. The van der Waals surface area contributed by atoms with E-state index in [9.17, 15) is 4.79 Å². The normalized spacial score (nSPS) is 12.2. The summed E-state index contributed by atoms with van der Waals surface area (Å²) in [5.41, 5.74) is 2.46. The molecule has 0 aliphatic carbocycles. The summed E-state index contributed by atoms with van der Waals surface area (Å²) in [6, 6.07) is 9.04. The van der Waals surface area contributed by atoms with E-state index in [0.29, 0.717) is 30.0 Å². The van der Waals surface area contributed by atoms with Crippen LogP contribution in [0.25, 0.3) is 11.3 Å². The predicted octanol–water partition coefficient (Wildman–Crippen LogP) is 2.91. The molecule has 2 aromatic heterocycles. The summed E-state index contributed by atoms with van der Waals surface area (Å²) >= 11 is 1.58. The number of aromatic nitrogens is 2. The fraction of sp³-hybridized carbons (Fsp3) is 0.167. The first-order valence-corrected chi connectivity index (χ1v) is 8.70. The van der Waals surface area contributed by atoms with Crippen LogP contribution in [0.2, 0.25) is 0 Å². The van der Waals surface area contributed by atoms with Crippen LogP contribution in [-0.4, -0.2) is 29.2 Å². The fourth-order valence-corrected chi connectivity index (χ4v) is 3.30. The van der Waals surface area contributed by atoms with Crippen LogP contribution in [0.5, 0.6) is 11.5 Å². The number of amides is 1. The molecule has 4 rings (SSSR count). The van der Waals surface area contributed by atoms with Crippen molar-refractivity contribution in [1.82, 2.24) is 15.3 Å². The lowest BCUT2D eigenvalue weighted by atomic mass is 10.2. The lowest BCUT2D eigenvalue weighted by Gasteiger charge is -2.05. The Kier molecular flexibility index (Phi) is 4.30. The molecule has 0 saturated carbocycles. The summed E-state index contributed by atoms with van der Waals surface area (Å²) in [5, 5.41) is 5.89. The lowest BCUT2D eigenvalue weighted by molar-refractivity contribution is 0.0953. The number of nitrogens with one attached hydrogen (secondary N) is 1. The number of carbonyl (C=O) groups is 1. The number of thiazole rings is 1. The zero-order chi connectivity index (χ0) is 17.1. The van der Waals surface area contributed by atoms with Crippen molar-refractivity contribution in [2.24, 2.45) is 0 Å². The van der Waals surface area contributed by atoms with Crippen LogP contribution in [0.15, 0.2) is 48.1 Å². The maximum atomic E-state index is 12.2. The second-order valence-corrected chi connectivity index (χ2v) is 6.38. The highest BCUT2D eigenvalue weighted by atomic mass is 32.1. The number of hydrogen-bond donors (Lipinski definition) is 1. The zero-order valence-corrected chi connectivity index (χ0v) is 14.1. The van der Waals surface area contributed by atoms with Crippen LogP contribution in [0.1, 0.15) is 15.4 Å². The molecule has 25 heavy (non-hydrogen) atoms. The number of fused-ring (bicyclic) bond motifs is 1. The number of ether oxygens (including phenoxy) is 2. The zero-order valence-electron chi connectivity index (χ0n) is 13.3. The molecule has 0 atom stereocenters. The van der Waals surface area contributed by atoms with E-state index in [2.05, 4.69) is 15.3 Å². The summed E-state index contributed by atoms with van der Waals surface area (Å²) in [6.07, 6.45) is 4.21. The molecule has 0 saturated heterocycles. The molecule has 0 unspecified atom stereocenters. The molecule has 1 amide bonds. The summed E-state index contributed by atoms with van der Waals surface area (Å²) < 4.78 is 10.5. The predicted molar refractivity (Wildman–Crippen MR) is 93.9 cm³/mol. The molecule has 0 bridgehead atoms. The minimum absolute atomic E-state index is 0.137. The quantitative estimate of drug-likeness (QED) is 0.763. The van der Waals surface area contributed by atoms with Gasteiger partial charge in [0.1, 0.15) is 0 Å². The number of carbonyl (C=O) groups excluding carboxylic acids is 1. The van der Waals surface area contributed by atoms with Gasteiger partial charge >= 0.3 is 0 Å². The van der Waals surface area contributed by atoms with Crippen molar-refractivity contribution in [3.05, 3.63) is 58.7 Å². The number of pyridine rings is 1. The van der Waals surface area contributed by atoms with Gasteiger partial charge in [-0.3, -0.25) is 9.78 Å². The third-order valence-electron chi connectivity index (χ3n) is 3.77. The average Bonchev–Trinajstić information content (AvgIpc) is 3.31.